The smallest absolute Gasteiger partial charge is 0.193 e. The Morgan fingerprint density at radius 2 is 0.333 bits per heavy atom. The summed E-state index contributed by atoms with van der Waals surface area (Å²) in [5, 5.41) is 7.26. The minimum atomic E-state index is -3.34. The van der Waals surface area contributed by atoms with Gasteiger partial charge in [-0.2, -0.15) is 0 Å². The average molecular weight is 811 g/mol. The maximum Gasteiger partial charge on any atom is 0.193 e. The predicted molar refractivity (Wildman–Crippen MR) is 240 cm³/mol. The second kappa shape index (κ2) is 22.9. The molecule has 0 aliphatic rings. The van der Waals surface area contributed by atoms with Crippen LogP contribution in [0.1, 0.15) is 33.4 Å². The fourth-order valence-corrected chi connectivity index (χ4v) is 6.91. The monoisotopic (exact) mass is 810 g/mol. The van der Waals surface area contributed by atoms with Gasteiger partial charge >= 0.3 is 0 Å². The molecule has 0 amide bonds. The molecule has 0 saturated heterocycles. The summed E-state index contributed by atoms with van der Waals surface area (Å²) in [6.45, 7) is 0. The highest BCUT2D eigenvalue weighted by molar-refractivity contribution is 7.97. The third kappa shape index (κ3) is 18.7. The van der Waals surface area contributed by atoms with Crippen LogP contribution in [-0.2, 0) is 29.5 Å². The van der Waals surface area contributed by atoms with Crippen LogP contribution in [-0.4, -0.2) is 25.3 Å². The van der Waals surface area contributed by atoms with Crippen molar-refractivity contribution in [3.8, 4) is 0 Å². The van der Waals surface area contributed by atoms with Gasteiger partial charge < -0.3 is 0 Å². The van der Waals surface area contributed by atoms with Crippen LogP contribution >= 0.6 is 0 Å². The van der Waals surface area contributed by atoms with E-state index in [2.05, 4.69) is 0 Å². The van der Waals surface area contributed by atoms with Gasteiger partial charge in [-0.25, -0.2) is 25.3 Å². The Hall–Kier alpha value is -6.39. The van der Waals surface area contributed by atoms with Gasteiger partial charge in [-0.3, -0.25) is 0 Å². The van der Waals surface area contributed by atoms with Gasteiger partial charge in [-0.15, -0.1) is 0 Å². The summed E-state index contributed by atoms with van der Waals surface area (Å²) in [5.41, 5.74) is 5.16. The molecule has 9 heteroatoms. The van der Waals surface area contributed by atoms with Crippen molar-refractivity contribution in [3.05, 3.63) is 248 Å². The Morgan fingerprint density at radius 3 is 0.456 bits per heavy atom. The predicted octanol–water partition coefficient (Wildman–Crippen LogP) is 11.2. The Balaban J connectivity index is 0.000000189. The molecule has 6 aromatic carbocycles. The molecule has 0 unspecified atom stereocenters. The van der Waals surface area contributed by atoms with Crippen molar-refractivity contribution in [1.29, 1.82) is 0 Å². The fourth-order valence-electron chi connectivity index (χ4n) is 4.56. The largest absolute Gasteiger partial charge is 0.220 e. The molecule has 0 N–H and O–H groups in total. The lowest BCUT2D eigenvalue weighted by Gasteiger charge is -1.93. The lowest BCUT2D eigenvalue weighted by molar-refractivity contribution is 0.611. The van der Waals surface area contributed by atoms with Crippen molar-refractivity contribution < 1.29 is 25.3 Å². The summed E-state index contributed by atoms with van der Waals surface area (Å²) in [7, 11) is -10.0. The van der Waals surface area contributed by atoms with E-state index < -0.39 is 29.5 Å². The van der Waals surface area contributed by atoms with Crippen LogP contribution in [0.3, 0.4) is 0 Å². The molecule has 0 aliphatic heterocycles. The number of rotatable bonds is 12. The Labute approximate surface area is 337 Å². The maximum absolute atomic E-state index is 11.8. The number of hydrogen-bond donors (Lipinski definition) is 0. The minimum absolute atomic E-state index is 0.860. The van der Waals surface area contributed by atoms with Crippen LogP contribution in [0, 0.1) is 0 Å². The third-order valence-corrected chi connectivity index (χ3v) is 10.6. The molecule has 288 valence electrons. The molecule has 0 atom stereocenters. The van der Waals surface area contributed by atoms with Crippen LogP contribution < -0.4 is 0 Å². The summed E-state index contributed by atoms with van der Waals surface area (Å²) in [5.74, 6) is 0. The molecular weight excluding hydrogens is 769 g/mol. The zero-order valence-corrected chi connectivity index (χ0v) is 33.4. The number of hydrogen-bond acceptors (Lipinski definition) is 6. The highest BCUT2D eigenvalue weighted by Crippen LogP contribution is 2.11. The highest BCUT2D eigenvalue weighted by atomic mass is 32.2. The van der Waals surface area contributed by atoms with E-state index in [1.807, 2.05) is 182 Å². The van der Waals surface area contributed by atoms with Crippen molar-refractivity contribution in [1.82, 2.24) is 0 Å². The fraction of sp³-hybridized carbons (Fsp3) is 0. The molecule has 0 aromatic heterocycles. The van der Waals surface area contributed by atoms with Gasteiger partial charge in [0.1, 0.15) is 0 Å². The van der Waals surface area contributed by atoms with Crippen LogP contribution in [0.5, 0.6) is 0 Å². The van der Waals surface area contributed by atoms with E-state index in [0.29, 0.717) is 0 Å². The molecule has 0 aliphatic carbocycles. The quantitative estimate of drug-likeness (QED) is 0.122. The topological polar surface area (TPSA) is 102 Å². The summed E-state index contributed by atoms with van der Waals surface area (Å²) < 4.78 is 70.8. The number of sulfone groups is 3. The number of benzene rings is 6. The van der Waals surface area contributed by atoms with E-state index in [4.69, 9.17) is 0 Å². The van der Waals surface area contributed by atoms with Crippen molar-refractivity contribution in [3.63, 3.8) is 0 Å². The second-order valence-electron chi connectivity index (χ2n) is 12.0. The summed E-state index contributed by atoms with van der Waals surface area (Å²) in [6.07, 6.45) is 9.53. The summed E-state index contributed by atoms with van der Waals surface area (Å²) in [6, 6.07) is 56.0. The zero-order valence-electron chi connectivity index (χ0n) is 30.9. The molecule has 0 radical (unpaired) electrons. The van der Waals surface area contributed by atoms with Gasteiger partial charge in [0.05, 0.1) is 0 Å². The van der Waals surface area contributed by atoms with Crippen LogP contribution in [0.2, 0.25) is 0 Å². The molecular formula is C48H42O6S3. The minimum Gasteiger partial charge on any atom is -0.220 e. The van der Waals surface area contributed by atoms with E-state index in [1.54, 1.807) is 36.5 Å². The molecule has 6 nitrogen and oxygen atoms in total. The van der Waals surface area contributed by atoms with Crippen molar-refractivity contribution in [2.75, 3.05) is 0 Å². The van der Waals surface area contributed by atoms with Crippen LogP contribution in [0.25, 0.3) is 36.5 Å². The van der Waals surface area contributed by atoms with E-state index >= 15 is 0 Å². The second-order valence-corrected chi connectivity index (χ2v) is 17.2. The molecule has 0 bridgehead atoms. The molecule has 6 rings (SSSR count). The van der Waals surface area contributed by atoms with Gasteiger partial charge in [0.15, 0.2) is 29.5 Å². The van der Waals surface area contributed by atoms with E-state index in [0.717, 1.165) is 33.4 Å². The standard InChI is InChI=1S/3C16H14O2S/c3*17-19(18,13-11-15-7-3-1-4-8-15)14-12-16-9-5-2-6-10-16/h3*1-14H/b3*13-11+,14-12+. The van der Waals surface area contributed by atoms with Crippen molar-refractivity contribution in [2.24, 2.45) is 0 Å². The summed E-state index contributed by atoms with van der Waals surface area (Å²) >= 11 is 0. The van der Waals surface area contributed by atoms with Gasteiger partial charge in [0.2, 0.25) is 0 Å². The maximum atomic E-state index is 11.8. The highest BCUT2D eigenvalue weighted by Gasteiger charge is 2.01. The van der Waals surface area contributed by atoms with E-state index in [-0.39, 0.29) is 0 Å². The summed E-state index contributed by atoms with van der Waals surface area (Å²) in [4.78, 5) is 0. The van der Waals surface area contributed by atoms with E-state index in [1.165, 1.54) is 32.4 Å². The molecule has 57 heavy (non-hydrogen) atoms. The van der Waals surface area contributed by atoms with Gasteiger partial charge in [-0.05, 0) is 69.8 Å². The van der Waals surface area contributed by atoms with Gasteiger partial charge in [-0.1, -0.05) is 182 Å². The lowest BCUT2D eigenvalue weighted by atomic mass is 10.2. The molecule has 0 spiro atoms. The zero-order chi connectivity index (χ0) is 40.7. The van der Waals surface area contributed by atoms with E-state index in [9.17, 15) is 25.3 Å². The molecule has 0 fully saturated rings. The van der Waals surface area contributed by atoms with Crippen LogP contribution in [0.15, 0.2) is 214 Å². The Kier molecular flexibility index (Phi) is 17.4. The first-order valence-corrected chi connectivity index (χ1v) is 22.4. The first-order chi connectivity index (χ1) is 27.5. The molecule has 0 saturated carbocycles. The molecule has 0 heterocycles. The third-order valence-electron chi connectivity index (χ3n) is 7.50. The first kappa shape index (κ1) is 43.3. The SMILES string of the molecule is O=S(=O)(/C=C/c1ccccc1)/C=C/c1ccccc1.O=S(=O)(/C=C/c1ccccc1)/C=C/c1ccccc1.O=S(=O)(/C=C/c1ccccc1)/C=C/c1ccccc1. The molecule has 6 aromatic rings. The van der Waals surface area contributed by atoms with Gasteiger partial charge in [0.25, 0.3) is 0 Å². The normalized spacial score (nSPS) is 12.2. The van der Waals surface area contributed by atoms with Gasteiger partial charge in [0, 0.05) is 32.4 Å². The van der Waals surface area contributed by atoms with Crippen LogP contribution in [0.4, 0.5) is 0 Å². The Bertz CT molecular complexity index is 2140. The lowest BCUT2D eigenvalue weighted by Crippen LogP contribution is -1.87. The van der Waals surface area contributed by atoms with Crippen molar-refractivity contribution >= 4 is 66.0 Å². The first-order valence-electron chi connectivity index (χ1n) is 17.6. The average Bonchev–Trinajstić information content (AvgIpc) is 3.25. The van der Waals surface area contributed by atoms with Crippen molar-refractivity contribution in [2.45, 2.75) is 0 Å². The Morgan fingerprint density at radius 1 is 0.211 bits per heavy atom.